The first-order valence-electron chi connectivity index (χ1n) is 6.81. The molecule has 0 fully saturated rings. The Morgan fingerprint density at radius 3 is 2.55 bits per heavy atom. The fourth-order valence-electron chi connectivity index (χ4n) is 1.90. The van der Waals surface area contributed by atoms with Crippen molar-refractivity contribution in [3.05, 3.63) is 58.6 Å². The van der Waals surface area contributed by atoms with E-state index in [1.807, 2.05) is 36.4 Å². The van der Waals surface area contributed by atoms with E-state index >= 15 is 0 Å². The summed E-state index contributed by atoms with van der Waals surface area (Å²) in [6, 6.07) is 14.1. The number of ether oxygens (including phenoxy) is 1. The molecule has 0 amide bonds. The minimum absolute atomic E-state index is 0.480. The Balaban J connectivity index is 2.11. The largest absolute Gasteiger partial charge is 0.456 e. The van der Waals surface area contributed by atoms with Gasteiger partial charge in [0.15, 0.2) is 0 Å². The van der Waals surface area contributed by atoms with E-state index in [0.29, 0.717) is 16.8 Å². The van der Waals surface area contributed by atoms with E-state index in [9.17, 15) is 0 Å². The maximum atomic E-state index is 6.09. The van der Waals surface area contributed by atoms with Crippen LogP contribution in [0.4, 0.5) is 0 Å². The summed E-state index contributed by atoms with van der Waals surface area (Å²) in [6.45, 7) is 7.25. The van der Waals surface area contributed by atoms with Crippen molar-refractivity contribution in [2.24, 2.45) is 0 Å². The molecule has 2 nitrogen and oxygen atoms in total. The maximum Gasteiger partial charge on any atom is 0.146 e. The molecule has 20 heavy (non-hydrogen) atoms. The third-order valence-corrected chi connectivity index (χ3v) is 3.39. The zero-order valence-corrected chi connectivity index (χ0v) is 12.9. The van der Waals surface area contributed by atoms with Crippen LogP contribution in [0.15, 0.2) is 42.5 Å². The molecule has 0 unspecified atom stereocenters. The molecule has 2 aromatic carbocycles. The number of aryl methyl sites for hydroxylation is 1. The second kappa shape index (κ2) is 6.78. The lowest BCUT2D eigenvalue weighted by Gasteiger charge is -2.13. The van der Waals surface area contributed by atoms with Gasteiger partial charge in [-0.05, 0) is 42.3 Å². The van der Waals surface area contributed by atoms with E-state index in [2.05, 4.69) is 32.2 Å². The number of para-hydroxylation sites is 1. The Hall–Kier alpha value is -1.51. The van der Waals surface area contributed by atoms with Crippen molar-refractivity contribution in [2.75, 3.05) is 0 Å². The van der Waals surface area contributed by atoms with Gasteiger partial charge in [0.2, 0.25) is 0 Å². The van der Waals surface area contributed by atoms with E-state index in [0.717, 1.165) is 12.3 Å². The van der Waals surface area contributed by atoms with Gasteiger partial charge in [0, 0.05) is 12.6 Å². The molecule has 0 saturated heterocycles. The number of hydrogen-bond acceptors (Lipinski definition) is 2. The lowest BCUT2D eigenvalue weighted by atomic mass is 10.1. The average molecular weight is 290 g/mol. The van der Waals surface area contributed by atoms with Crippen LogP contribution >= 0.6 is 11.6 Å². The summed E-state index contributed by atoms with van der Waals surface area (Å²) >= 11 is 6.09. The van der Waals surface area contributed by atoms with Gasteiger partial charge in [-0.3, -0.25) is 0 Å². The van der Waals surface area contributed by atoms with Crippen molar-refractivity contribution >= 4 is 11.6 Å². The van der Waals surface area contributed by atoms with Crippen molar-refractivity contribution in [1.82, 2.24) is 5.32 Å². The molecule has 3 heteroatoms. The van der Waals surface area contributed by atoms with E-state index in [-0.39, 0.29) is 0 Å². The number of nitrogens with one attached hydrogen (secondary N) is 1. The summed E-state index contributed by atoms with van der Waals surface area (Å²) in [5.41, 5.74) is 2.49. The van der Waals surface area contributed by atoms with Gasteiger partial charge in [0.25, 0.3) is 0 Å². The van der Waals surface area contributed by atoms with Gasteiger partial charge in [0.1, 0.15) is 11.5 Å². The Bertz CT molecular complexity index is 581. The number of hydrogen-bond donors (Lipinski definition) is 1. The molecule has 2 aromatic rings. The number of halogens is 1. The van der Waals surface area contributed by atoms with Crippen LogP contribution in [0.1, 0.15) is 25.0 Å². The molecule has 0 aliphatic heterocycles. The summed E-state index contributed by atoms with van der Waals surface area (Å²) in [6.07, 6.45) is 0. The summed E-state index contributed by atoms with van der Waals surface area (Å²) in [5, 5.41) is 4.04. The first-order chi connectivity index (χ1) is 9.56. The molecule has 0 atom stereocenters. The molecule has 0 heterocycles. The molecule has 1 N–H and O–H groups in total. The predicted octanol–water partition coefficient (Wildman–Crippen LogP) is 4.94. The minimum atomic E-state index is 0.480. The Morgan fingerprint density at radius 2 is 1.90 bits per heavy atom. The van der Waals surface area contributed by atoms with E-state index in [1.54, 1.807) is 0 Å². The predicted molar refractivity (Wildman–Crippen MR) is 84.7 cm³/mol. The van der Waals surface area contributed by atoms with Crippen LogP contribution in [0.2, 0.25) is 5.02 Å². The van der Waals surface area contributed by atoms with Gasteiger partial charge in [0.05, 0.1) is 5.02 Å². The molecule has 0 spiro atoms. The molecule has 0 aliphatic rings. The highest BCUT2D eigenvalue weighted by atomic mass is 35.5. The Morgan fingerprint density at radius 1 is 1.15 bits per heavy atom. The van der Waals surface area contributed by atoms with Crippen molar-refractivity contribution in [2.45, 2.75) is 33.4 Å². The molecule has 0 aliphatic carbocycles. The normalized spacial score (nSPS) is 10.8. The summed E-state index contributed by atoms with van der Waals surface area (Å²) in [4.78, 5) is 0. The molecule has 0 saturated carbocycles. The van der Waals surface area contributed by atoms with Crippen molar-refractivity contribution in [3.8, 4) is 11.5 Å². The third kappa shape index (κ3) is 3.99. The number of rotatable bonds is 5. The smallest absolute Gasteiger partial charge is 0.146 e. The van der Waals surface area contributed by atoms with Gasteiger partial charge in [-0.1, -0.05) is 43.6 Å². The van der Waals surface area contributed by atoms with Gasteiger partial charge in [-0.2, -0.15) is 0 Å². The van der Waals surface area contributed by atoms with E-state index in [4.69, 9.17) is 16.3 Å². The van der Waals surface area contributed by atoms with Crippen LogP contribution in [0.3, 0.4) is 0 Å². The minimum Gasteiger partial charge on any atom is -0.456 e. The highest BCUT2D eigenvalue weighted by Crippen LogP contribution is 2.29. The molecule has 0 radical (unpaired) electrons. The average Bonchev–Trinajstić information content (AvgIpc) is 2.40. The maximum absolute atomic E-state index is 6.09. The van der Waals surface area contributed by atoms with Crippen molar-refractivity contribution < 1.29 is 4.74 Å². The zero-order chi connectivity index (χ0) is 14.5. The fourth-order valence-corrected chi connectivity index (χ4v) is 2.07. The summed E-state index contributed by atoms with van der Waals surface area (Å²) in [5.74, 6) is 1.49. The van der Waals surface area contributed by atoms with Crippen molar-refractivity contribution in [1.29, 1.82) is 0 Å². The molecule has 0 aromatic heterocycles. The highest BCUT2D eigenvalue weighted by molar-refractivity contribution is 6.32. The van der Waals surface area contributed by atoms with Crippen LogP contribution in [0, 0.1) is 6.92 Å². The Kier molecular flexibility index (Phi) is 5.05. The summed E-state index contributed by atoms with van der Waals surface area (Å²) < 4.78 is 5.82. The topological polar surface area (TPSA) is 21.3 Å². The summed E-state index contributed by atoms with van der Waals surface area (Å²) in [7, 11) is 0. The quantitative estimate of drug-likeness (QED) is 0.842. The van der Waals surface area contributed by atoms with Gasteiger partial charge < -0.3 is 10.1 Å². The number of benzene rings is 2. The molecule has 2 rings (SSSR count). The van der Waals surface area contributed by atoms with Gasteiger partial charge >= 0.3 is 0 Å². The second-order valence-electron chi connectivity index (χ2n) is 5.16. The van der Waals surface area contributed by atoms with Gasteiger partial charge in [-0.15, -0.1) is 0 Å². The van der Waals surface area contributed by atoms with Crippen LogP contribution in [-0.2, 0) is 6.54 Å². The third-order valence-electron chi connectivity index (χ3n) is 3.08. The van der Waals surface area contributed by atoms with Crippen LogP contribution in [-0.4, -0.2) is 6.04 Å². The standard InChI is InChI=1S/C17H20ClNO/c1-12(2)19-11-14-8-9-15(10-13(14)3)20-17-7-5-4-6-16(17)18/h4-10,12,19H,11H2,1-3H3. The van der Waals surface area contributed by atoms with Crippen LogP contribution in [0.5, 0.6) is 11.5 Å². The van der Waals surface area contributed by atoms with Gasteiger partial charge in [-0.25, -0.2) is 0 Å². The van der Waals surface area contributed by atoms with Crippen LogP contribution in [0.25, 0.3) is 0 Å². The lowest BCUT2D eigenvalue weighted by Crippen LogP contribution is -2.22. The first kappa shape index (κ1) is 14.9. The van der Waals surface area contributed by atoms with Crippen molar-refractivity contribution in [3.63, 3.8) is 0 Å². The lowest BCUT2D eigenvalue weighted by molar-refractivity contribution is 0.482. The second-order valence-corrected chi connectivity index (χ2v) is 5.56. The Labute approximate surface area is 125 Å². The van der Waals surface area contributed by atoms with Crippen LogP contribution < -0.4 is 10.1 Å². The molecular formula is C17H20ClNO. The van der Waals surface area contributed by atoms with E-state index < -0.39 is 0 Å². The monoisotopic (exact) mass is 289 g/mol. The zero-order valence-electron chi connectivity index (χ0n) is 12.1. The SMILES string of the molecule is Cc1cc(Oc2ccccc2Cl)ccc1CNC(C)C. The first-order valence-corrected chi connectivity index (χ1v) is 7.19. The highest BCUT2D eigenvalue weighted by Gasteiger charge is 2.05. The molecular weight excluding hydrogens is 270 g/mol. The fraction of sp³-hybridized carbons (Fsp3) is 0.294. The molecule has 0 bridgehead atoms. The molecule has 106 valence electrons. The van der Waals surface area contributed by atoms with E-state index in [1.165, 1.54) is 11.1 Å².